The summed E-state index contributed by atoms with van der Waals surface area (Å²) >= 11 is 6.18. The van der Waals surface area contributed by atoms with Gasteiger partial charge in [0.25, 0.3) is 0 Å². The maximum absolute atomic E-state index is 12.5. The maximum Gasteiger partial charge on any atom is 0.340 e. The van der Waals surface area contributed by atoms with Gasteiger partial charge < -0.3 is 4.74 Å². The van der Waals surface area contributed by atoms with Gasteiger partial charge in [-0.2, -0.15) is 0 Å². The molecule has 0 aliphatic rings. The fraction of sp³-hybridized carbons (Fsp3) is 0.200. The number of rotatable bonds is 4. The first-order valence-electron chi connectivity index (χ1n) is 7.90. The van der Waals surface area contributed by atoms with E-state index in [1.54, 1.807) is 6.92 Å². The molecular formula is C20H18ClNO2. The first-order valence-corrected chi connectivity index (χ1v) is 8.27. The molecule has 0 saturated carbocycles. The molecule has 3 rings (SSSR count). The largest absolute Gasteiger partial charge is 0.462 e. The number of esters is 1. The van der Waals surface area contributed by atoms with Gasteiger partial charge in [0.15, 0.2) is 0 Å². The Labute approximate surface area is 146 Å². The van der Waals surface area contributed by atoms with Gasteiger partial charge in [-0.05, 0) is 49.6 Å². The number of hydrogen-bond acceptors (Lipinski definition) is 3. The van der Waals surface area contributed by atoms with E-state index in [0.717, 1.165) is 22.0 Å². The van der Waals surface area contributed by atoms with Crippen LogP contribution in [0.15, 0.2) is 48.5 Å². The molecule has 0 bridgehead atoms. The van der Waals surface area contributed by atoms with Gasteiger partial charge in [-0.1, -0.05) is 41.9 Å². The summed E-state index contributed by atoms with van der Waals surface area (Å²) in [5.74, 6) is -0.338. The number of carbonyl (C=O) groups is 1. The monoisotopic (exact) mass is 339 g/mol. The molecule has 0 unspecified atom stereocenters. The van der Waals surface area contributed by atoms with Crippen LogP contribution in [0.3, 0.4) is 0 Å². The zero-order valence-corrected chi connectivity index (χ0v) is 14.4. The minimum atomic E-state index is -0.338. The van der Waals surface area contributed by atoms with Crippen molar-refractivity contribution < 1.29 is 9.53 Å². The molecule has 1 aromatic heterocycles. The molecule has 0 spiro atoms. The third-order valence-corrected chi connectivity index (χ3v) is 4.17. The van der Waals surface area contributed by atoms with E-state index < -0.39 is 0 Å². The predicted molar refractivity (Wildman–Crippen MR) is 96.7 cm³/mol. The molecule has 24 heavy (non-hydrogen) atoms. The number of hydrogen-bond donors (Lipinski definition) is 0. The molecule has 2 aromatic carbocycles. The summed E-state index contributed by atoms with van der Waals surface area (Å²) in [4.78, 5) is 17.1. The van der Waals surface area contributed by atoms with Crippen LogP contribution in [0.4, 0.5) is 0 Å². The van der Waals surface area contributed by atoms with Crippen molar-refractivity contribution in [3.63, 3.8) is 0 Å². The van der Waals surface area contributed by atoms with Crippen molar-refractivity contribution in [1.29, 1.82) is 0 Å². The highest BCUT2D eigenvalue weighted by Gasteiger charge is 2.20. The molecule has 0 radical (unpaired) electrons. The first-order chi connectivity index (χ1) is 11.6. The van der Waals surface area contributed by atoms with Crippen molar-refractivity contribution >= 4 is 28.5 Å². The third kappa shape index (κ3) is 3.26. The van der Waals surface area contributed by atoms with Crippen LogP contribution >= 0.6 is 11.6 Å². The van der Waals surface area contributed by atoms with Crippen molar-refractivity contribution in [2.24, 2.45) is 0 Å². The van der Waals surface area contributed by atoms with Crippen molar-refractivity contribution in [1.82, 2.24) is 4.98 Å². The van der Waals surface area contributed by atoms with Crippen molar-refractivity contribution in [3.05, 3.63) is 75.9 Å². The lowest BCUT2D eigenvalue weighted by atomic mass is 9.94. The topological polar surface area (TPSA) is 39.2 Å². The van der Waals surface area contributed by atoms with Crippen LogP contribution < -0.4 is 0 Å². The smallest absolute Gasteiger partial charge is 0.340 e. The fourth-order valence-electron chi connectivity index (χ4n) is 2.89. The summed E-state index contributed by atoms with van der Waals surface area (Å²) in [5, 5.41) is 1.51. The van der Waals surface area contributed by atoms with E-state index in [1.165, 1.54) is 0 Å². The number of aromatic nitrogens is 1. The molecule has 0 fully saturated rings. The molecule has 0 aliphatic heterocycles. The van der Waals surface area contributed by atoms with Gasteiger partial charge in [-0.25, -0.2) is 4.79 Å². The van der Waals surface area contributed by atoms with E-state index >= 15 is 0 Å². The molecule has 0 N–H and O–H groups in total. The van der Waals surface area contributed by atoms with Crippen LogP contribution in [0.5, 0.6) is 0 Å². The van der Waals surface area contributed by atoms with Crippen molar-refractivity contribution in [2.75, 3.05) is 6.61 Å². The molecular weight excluding hydrogens is 322 g/mol. The van der Waals surface area contributed by atoms with Gasteiger partial charge in [0.1, 0.15) is 0 Å². The van der Waals surface area contributed by atoms with Gasteiger partial charge in [0, 0.05) is 10.4 Å². The van der Waals surface area contributed by atoms with E-state index in [0.29, 0.717) is 29.3 Å². The minimum Gasteiger partial charge on any atom is -0.462 e. The average Bonchev–Trinajstić information content (AvgIpc) is 2.56. The van der Waals surface area contributed by atoms with Gasteiger partial charge in [0.05, 0.1) is 23.4 Å². The standard InChI is InChI=1S/C20H18ClNO2/c1-3-24-20(23)19-13(2)22-18-10-9-15(21)12-16(18)17(19)11-14-7-5-4-6-8-14/h4-10,12H,3,11H2,1-2H3. The number of aryl methyl sites for hydroxylation is 1. The number of pyridine rings is 1. The number of fused-ring (bicyclic) bond motifs is 1. The maximum atomic E-state index is 12.5. The zero-order valence-electron chi connectivity index (χ0n) is 13.7. The highest BCUT2D eigenvalue weighted by atomic mass is 35.5. The second-order valence-corrected chi connectivity index (χ2v) is 6.03. The van der Waals surface area contributed by atoms with E-state index in [9.17, 15) is 4.79 Å². The number of carbonyl (C=O) groups excluding carboxylic acids is 1. The van der Waals surface area contributed by atoms with E-state index in [1.807, 2.05) is 55.5 Å². The van der Waals surface area contributed by atoms with Gasteiger partial charge in [0.2, 0.25) is 0 Å². The average molecular weight is 340 g/mol. The van der Waals surface area contributed by atoms with Crippen molar-refractivity contribution in [2.45, 2.75) is 20.3 Å². The zero-order chi connectivity index (χ0) is 17.1. The lowest BCUT2D eigenvalue weighted by Crippen LogP contribution is -2.13. The predicted octanol–water partition coefficient (Wildman–Crippen LogP) is 4.96. The molecule has 0 atom stereocenters. The first kappa shape index (κ1) is 16.5. The Morgan fingerprint density at radius 3 is 2.62 bits per heavy atom. The Morgan fingerprint density at radius 1 is 1.17 bits per heavy atom. The number of halogens is 1. The molecule has 1 heterocycles. The molecule has 3 nitrogen and oxygen atoms in total. The fourth-order valence-corrected chi connectivity index (χ4v) is 3.07. The highest BCUT2D eigenvalue weighted by molar-refractivity contribution is 6.31. The second kappa shape index (κ2) is 7.02. The molecule has 4 heteroatoms. The summed E-state index contributed by atoms with van der Waals surface area (Å²) < 4.78 is 5.25. The molecule has 122 valence electrons. The minimum absolute atomic E-state index is 0.330. The van der Waals surface area contributed by atoms with E-state index in [4.69, 9.17) is 16.3 Å². The summed E-state index contributed by atoms with van der Waals surface area (Å²) in [7, 11) is 0. The highest BCUT2D eigenvalue weighted by Crippen LogP contribution is 2.29. The molecule has 0 saturated heterocycles. The Bertz CT molecular complexity index is 891. The van der Waals surface area contributed by atoms with Crippen LogP contribution in [0.1, 0.15) is 34.1 Å². The second-order valence-electron chi connectivity index (χ2n) is 5.60. The Balaban J connectivity index is 2.25. The Hall–Kier alpha value is -2.39. The number of nitrogens with zero attached hydrogens (tertiary/aromatic N) is 1. The lowest BCUT2D eigenvalue weighted by Gasteiger charge is -2.15. The Morgan fingerprint density at radius 2 is 1.92 bits per heavy atom. The molecule has 0 aliphatic carbocycles. The van der Waals surface area contributed by atoms with Crippen LogP contribution in [0.25, 0.3) is 10.9 Å². The quantitative estimate of drug-likeness (QED) is 0.630. The van der Waals surface area contributed by atoms with Crippen molar-refractivity contribution in [3.8, 4) is 0 Å². The van der Waals surface area contributed by atoms with Gasteiger partial charge in [-0.3, -0.25) is 4.98 Å². The number of ether oxygens (including phenoxy) is 1. The van der Waals surface area contributed by atoms with E-state index in [-0.39, 0.29) is 5.97 Å². The van der Waals surface area contributed by atoms with Gasteiger partial charge in [-0.15, -0.1) is 0 Å². The Kier molecular flexibility index (Phi) is 4.81. The van der Waals surface area contributed by atoms with Crippen LogP contribution in [-0.4, -0.2) is 17.6 Å². The van der Waals surface area contributed by atoms with Gasteiger partial charge >= 0.3 is 5.97 Å². The van der Waals surface area contributed by atoms with Crippen LogP contribution in [0, 0.1) is 6.92 Å². The SMILES string of the molecule is CCOC(=O)c1c(C)nc2ccc(Cl)cc2c1Cc1ccccc1. The summed E-state index contributed by atoms with van der Waals surface area (Å²) in [6.45, 7) is 3.97. The number of benzene rings is 2. The molecule has 3 aromatic rings. The normalized spacial score (nSPS) is 10.8. The summed E-state index contributed by atoms with van der Waals surface area (Å²) in [6.07, 6.45) is 0.620. The van der Waals surface area contributed by atoms with E-state index in [2.05, 4.69) is 4.98 Å². The summed E-state index contributed by atoms with van der Waals surface area (Å²) in [5.41, 5.74) is 4.07. The lowest BCUT2D eigenvalue weighted by molar-refractivity contribution is 0.0524. The molecule has 0 amide bonds. The third-order valence-electron chi connectivity index (χ3n) is 3.94. The summed E-state index contributed by atoms with van der Waals surface area (Å²) in [6, 6.07) is 15.6. The van der Waals surface area contributed by atoms with Crippen LogP contribution in [-0.2, 0) is 11.2 Å². The van der Waals surface area contributed by atoms with Crippen LogP contribution in [0.2, 0.25) is 5.02 Å².